The molecule has 1 aliphatic heterocycles. The molecule has 24 heavy (non-hydrogen) atoms. The molecule has 2 aromatic carbocycles. The number of halogens is 2. The van der Waals surface area contributed by atoms with Crippen molar-refractivity contribution >= 4 is 34.1 Å². The Bertz CT molecular complexity index is 864. The van der Waals surface area contributed by atoms with Gasteiger partial charge in [0.2, 0.25) is 0 Å². The molecule has 0 bridgehead atoms. The number of hydrogen-bond acceptors (Lipinski definition) is 1. The maximum atomic E-state index is 6.39. The van der Waals surface area contributed by atoms with Crippen LogP contribution < -0.4 is 0 Å². The van der Waals surface area contributed by atoms with E-state index in [9.17, 15) is 0 Å². The van der Waals surface area contributed by atoms with Crippen molar-refractivity contribution in [1.82, 2.24) is 9.88 Å². The molecule has 1 N–H and O–H groups in total. The quantitative estimate of drug-likeness (QED) is 0.597. The third-order valence-corrected chi connectivity index (χ3v) is 5.77. The minimum Gasteiger partial charge on any atom is -0.358 e. The molecule has 1 unspecified atom stereocenters. The molecule has 4 heteroatoms. The molecular formula is C20H20Cl2N2. The van der Waals surface area contributed by atoms with E-state index in [1.165, 1.54) is 35.0 Å². The second kappa shape index (κ2) is 6.44. The summed E-state index contributed by atoms with van der Waals surface area (Å²) in [6.07, 6.45) is 2.37. The van der Waals surface area contributed by atoms with Crippen LogP contribution in [0.1, 0.15) is 35.7 Å². The van der Waals surface area contributed by atoms with Gasteiger partial charge in [0.05, 0.1) is 0 Å². The Labute approximate surface area is 152 Å². The zero-order valence-corrected chi connectivity index (χ0v) is 15.2. The van der Waals surface area contributed by atoms with E-state index in [-0.39, 0.29) is 0 Å². The van der Waals surface area contributed by atoms with Gasteiger partial charge in [0.1, 0.15) is 0 Å². The SMILES string of the molecule is Cc1[nH]c2ccccc2c1C1CCCN1Cc1c(Cl)cccc1Cl. The van der Waals surface area contributed by atoms with Crippen molar-refractivity contribution in [2.75, 3.05) is 6.54 Å². The topological polar surface area (TPSA) is 19.0 Å². The summed E-state index contributed by atoms with van der Waals surface area (Å²) in [4.78, 5) is 6.04. The number of nitrogens with one attached hydrogen (secondary N) is 1. The highest BCUT2D eigenvalue weighted by atomic mass is 35.5. The van der Waals surface area contributed by atoms with Gasteiger partial charge < -0.3 is 4.98 Å². The molecular weight excluding hydrogens is 339 g/mol. The van der Waals surface area contributed by atoms with Crippen molar-refractivity contribution in [2.24, 2.45) is 0 Å². The van der Waals surface area contributed by atoms with E-state index in [2.05, 4.69) is 41.1 Å². The van der Waals surface area contributed by atoms with Crippen LogP contribution in [0.5, 0.6) is 0 Å². The molecule has 2 heterocycles. The molecule has 0 saturated carbocycles. The standard InChI is InChI=1S/C20H20Cl2N2/c1-13-20(14-6-2-3-9-18(14)23-13)19-10-5-11-24(19)12-15-16(21)7-4-8-17(15)22/h2-4,6-9,19,23H,5,10-12H2,1H3. The molecule has 124 valence electrons. The lowest BCUT2D eigenvalue weighted by molar-refractivity contribution is 0.249. The fourth-order valence-corrected chi connectivity index (χ4v) is 4.47. The van der Waals surface area contributed by atoms with Gasteiger partial charge in [-0.2, -0.15) is 0 Å². The normalized spacial score (nSPS) is 18.5. The van der Waals surface area contributed by atoms with Crippen molar-refractivity contribution < 1.29 is 0 Å². The molecule has 1 saturated heterocycles. The summed E-state index contributed by atoms with van der Waals surface area (Å²) in [7, 11) is 0. The van der Waals surface area contributed by atoms with Gasteiger partial charge in [0, 0.05) is 44.8 Å². The zero-order valence-electron chi connectivity index (χ0n) is 13.7. The fraction of sp³-hybridized carbons (Fsp3) is 0.300. The number of H-pyrrole nitrogens is 1. The molecule has 2 nitrogen and oxygen atoms in total. The van der Waals surface area contributed by atoms with Crippen molar-refractivity contribution in [3.8, 4) is 0 Å². The van der Waals surface area contributed by atoms with Crippen LogP contribution in [-0.4, -0.2) is 16.4 Å². The first-order valence-electron chi connectivity index (χ1n) is 8.39. The van der Waals surface area contributed by atoms with Crippen LogP contribution >= 0.6 is 23.2 Å². The minimum atomic E-state index is 0.411. The Kier molecular flexibility index (Phi) is 4.29. The number of nitrogens with zero attached hydrogens (tertiary/aromatic N) is 1. The molecule has 4 rings (SSSR count). The van der Waals surface area contributed by atoms with Crippen LogP contribution in [-0.2, 0) is 6.54 Å². The average molecular weight is 359 g/mol. The van der Waals surface area contributed by atoms with Gasteiger partial charge in [-0.3, -0.25) is 4.90 Å². The Morgan fingerprint density at radius 2 is 1.83 bits per heavy atom. The number of para-hydroxylation sites is 1. The maximum Gasteiger partial charge on any atom is 0.0465 e. The van der Waals surface area contributed by atoms with Gasteiger partial charge in [-0.25, -0.2) is 0 Å². The van der Waals surface area contributed by atoms with E-state index in [0.29, 0.717) is 6.04 Å². The van der Waals surface area contributed by atoms with Crippen LogP contribution in [0.25, 0.3) is 10.9 Å². The molecule has 0 spiro atoms. The Morgan fingerprint density at radius 3 is 2.62 bits per heavy atom. The second-order valence-electron chi connectivity index (χ2n) is 6.54. The molecule has 1 fully saturated rings. The summed E-state index contributed by atoms with van der Waals surface area (Å²) in [6.45, 7) is 4.04. The number of fused-ring (bicyclic) bond motifs is 1. The molecule has 0 radical (unpaired) electrons. The van der Waals surface area contributed by atoms with Crippen LogP contribution in [0.4, 0.5) is 0 Å². The minimum absolute atomic E-state index is 0.411. The largest absolute Gasteiger partial charge is 0.358 e. The average Bonchev–Trinajstić information content (AvgIpc) is 3.13. The van der Waals surface area contributed by atoms with Crippen LogP contribution in [0.2, 0.25) is 10.0 Å². The summed E-state index contributed by atoms with van der Waals surface area (Å²) >= 11 is 12.8. The number of rotatable bonds is 3. The number of likely N-dealkylation sites (tertiary alicyclic amines) is 1. The van der Waals surface area contributed by atoms with Gasteiger partial charge in [-0.1, -0.05) is 47.5 Å². The van der Waals surface area contributed by atoms with E-state index >= 15 is 0 Å². The van der Waals surface area contributed by atoms with E-state index in [0.717, 1.165) is 28.7 Å². The predicted molar refractivity (Wildman–Crippen MR) is 102 cm³/mol. The molecule has 1 atom stereocenters. The highest BCUT2D eigenvalue weighted by Crippen LogP contribution is 2.40. The molecule has 1 aliphatic rings. The van der Waals surface area contributed by atoms with Gasteiger partial charge in [0.25, 0.3) is 0 Å². The lowest BCUT2D eigenvalue weighted by Crippen LogP contribution is -2.23. The van der Waals surface area contributed by atoms with E-state index in [1.54, 1.807) is 0 Å². The van der Waals surface area contributed by atoms with Crippen molar-refractivity contribution in [3.05, 3.63) is 69.3 Å². The van der Waals surface area contributed by atoms with Crippen molar-refractivity contribution in [3.63, 3.8) is 0 Å². The van der Waals surface area contributed by atoms with Crippen LogP contribution in [0.15, 0.2) is 42.5 Å². The lowest BCUT2D eigenvalue weighted by Gasteiger charge is -2.26. The number of hydrogen-bond donors (Lipinski definition) is 1. The summed E-state index contributed by atoms with van der Waals surface area (Å²) in [5.74, 6) is 0. The van der Waals surface area contributed by atoms with Gasteiger partial charge in [0.15, 0.2) is 0 Å². The van der Waals surface area contributed by atoms with Gasteiger partial charge in [-0.15, -0.1) is 0 Å². The van der Waals surface area contributed by atoms with Crippen LogP contribution in [0, 0.1) is 6.92 Å². The lowest BCUT2D eigenvalue weighted by atomic mass is 10.0. The zero-order chi connectivity index (χ0) is 16.7. The summed E-state index contributed by atoms with van der Waals surface area (Å²) in [5.41, 5.74) is 4.93. The highest BCUT2D eigenvalue weighted by molar-refractivity contribution is 6.35. The summed E-state index contributed by atoms with van der Waals surface area (Å²) in [5, 5.41) is 2.84. The third kappa shape index (κ3) is 2.73. The van der Waals surface area contributed by atoms with Crippen molar-refractivity contribution in [2.45, 2.75) is 32.4 Å². The Hall–Kier alpha value is -1.48. The molecule has 1 aromatic heterocycles. The number of aromatic nitrogens is 1. The van der Waals surface area contributed by atoms with Crippen LogP contribution in [0.3, 0.4) is 0 Å². The molecule has 0 aliphatic carbocycles. The fourth-order valence-electron chi connectivity index (χ4n) is 3.96. The number of aryl methyl sites for hydroxylation is 1. The first kappa shape index (κ1) is 16.0. The van der Waals surface area contributed by atoms with E-state index < -0.39 is 0 Å². The first-order valence-corrected chi connectivity index (χ1v) is 9.15. The van der Waals surface area contributed by atoms with E-state index in [4.69, 9.17) is 23.2 Å². The van der Waals surface area contributed by atoms with E-state index in [1.807, 2.05) is 18.2 Å². The maximum absolute atomic E-state index is 6.39. The smallest absolute Gasteiger partial charge is 0.0465 e. The monoisotopic (exact) mass is 358 g/mol. The molecule has 3 aromatic rings. The highest BCUT2D eigenvalue weighted by Gasteiger charge is 2.30. The van der Waals surface area contributed by atoms with Gasteiger partial charge in [-0.05, 0) is 50.1 Å². The van der Waals surface area contributed by atoms with Crippen molar-refractivity contribution in [1.29, 1.82) is 0 Å². The van der Waals surface area contributed by atoms with Gasteiger partial charge >= 0.3 is 0 Å². The predicted octanol–water partition coefficient (Wildman–Crippen LogP) is 6.12. The number of benzene rings is 2. The molecule has 0 amide bonds. The summed E-state index contributed by atoms with van der Waals surface area (Å²) < 4.78 is 0. The third-order valence-electron chi connectivity index (χ3n) is 5.06. The Morgan fingerprint density at radius 1 is 1.08 bits per heavy atom. The second-order valence-corrected chi connectivity index (χ2v) is 7.35. The first-order chi connectivity index (χ1) is 11.6. The number of aromatic amines is 1. The Balaban J connectivity index is 1.71. The summed E-state index contributed by atoms with van der Waals surface area (Å²) in [6, 6.07) is 14.7.